The molecule has 2 aromatic carbocycles. The molecule has 0 spiro atoms. The highest BCUT2D eigenvalue weighted by molar-refractivity contribution is 5.98. The van der Waals surface area contributed by atoms with Crippen molar-refractivity contribution in [1.29, 1.82) is 0 Å². The quantitative estimate of drug-likeness (QED) is 0.563. The molecule has 0 fully saturated rings. The molecule has 3 N–H and O–H groups in total. The van der Waals surface area contributed by atoms with Crippen LogP contribution in [-0.4, -0.2) is 23.0 Å². The number of hydrogen-bond donors (Lipinski definition) is 3. The second kappa shape index (κ2) is 9.18. The van der Waals surface area contributed by atoms with Crippen molar-refractivity contribution >= 4 is 28.7 Å². The van der Waals surface area contributed by atoms with Crippen molar-refractivity contribution in [2.24, 2.45) is 0 Å². The average Bonchev–Trinajstić information content (AvgIpc) is 3.06. The second-order valence-electron chi connectivity index (χ2n) is 6.70. The first-order chi connectivity index (χ1) is 13.9. The molecule has 3 rings (SSSR count). The van der Waals surface area contributed by atoms with Gasteiger partial charge >= 0.3 is 6.03 Å². The van der Waals surface area contributed by atoms with Crippen LogP contribution in [0.15, 0.2) is 46.9 Å². The number of amides is 3. The SMILES string of the molecule is CCCC(NC(=O)NCc1ccc(F)cc1)C(=O)Nc1ccc2nc(C)oc2c1. The fourth-order valence-electron chi connectivity index (χ4n) is 2.90. The predicted molar refractivity (Wildman–Crippen MR) is 108 cm³/mol. The van der Waals surface area contributed by atoms with Crippen molar-refractivity contribution in [2.45, 2.75) is 39.3 Å². The molecule has 29 heavy (non-hydrogen) atoms. The minimum Gasteiger partial charge on any atom is -0.441 e. The number of rotatable bonds is 7. The van der Waals surface area contributed by atoms with Crippen LogP contribution in [-0.2, 0) is 11.3 Å². The Balaban J connectivity index is 1.58. The van der Waals surface area contributed by atoms with E-state index in [0.29, 0.717) is 29.1 Å². The summed E-state index contributed by atoms with van der Waals surface area (Å²) in [5, 5.41) is 8.17. The van der Waals surface area contributed by atoms with E-state index in [0.717, 1.165) is 12.0 Å². The Hall–Kier alpha value is -3.42. The average molecular weight is 398 g/mol. The summed E-state index contributed by atoms with van der Waals surface area (Å²) in [5.41, 5.74) is 2.61. The number of aryl methyl sites for hydroxylation is 1. The van der Waals surface area contributed by atoms with Crippen molar-refractivity contribution in [2.75, 3.05) is 5.32 Å². The Kier molecular flexibility index (Phi) is 6.43. The number of oxazole rings is 1. The summed E-state index contributed by atoms with van der Waals surface area (Å²) in [7, 11) is 0. The molecular weight excluding hydrogens is 375 g/mol. The molecule has 0 aliphatic rings. The molecule has 152 valence electrons. The fourth-order valence-corrected chi connectivity index (χ4v) is 2.90. The van der Waals surface area contributed by atoms with E-state index in [2.05, 4.69) is 20.9 Å². The number of hydrogen-bond acceptors (Lipinski definition) is 4. The third kappa shape index (κ3) is 5.54. The second-order valence-corrected chi connectivity index (χ2v) is 6.70. The number of nitrogens with one attached hydrogen (secondary N) is 3. The summed E-state index contributed by atoms with van der Waals surface area (Å²) < 4.78 is 18.4. The molecule has 0 radical (unpaired) electrons. The Labute approximate surface area is 167 Å². The number of anilines is 1. The van der Waals surface area contributed by atoms with Gasteiger partial charge in [-0.15, -0.1) is 0 Å². The standard InChI is InChI=1S/C21H23FN4O3/c1-3-4-18(26-21(28)23-12-14-5-7-15(22)8-6-14)20(27)25-16-9-10-17-19(11-16)29-13(2)24-17/h5-11,18H,3-4,12H2,1-2H3,(H,25,27)(H2,23,26,28). The van der Waals surface area contributed by atoms with Crippen LogP contribution in [0, 0.1) is 12.7 Å². The van der Waals surface area contributed by atoms with Crippen LogP contribution in [0.3, 0.4) is 0 Å². The Morgan fingerprint density at radius 1 is 1.17 bits per heavy atom. The van der Waals surface area contributed by atoms with Crippen molar-refractivity contribution in [1.82, 2.24) is 15.6 Å². The van der Waals surface area contributed by atoms with E-state index in [-0.39, 0.29) is 18.3 Å². The van der Waals surface area contributed by atoms with Crippen molar-refractivity contribution in [3.05, 3.63) is 59.7 Å². The highest BCUT2D eigenvalue weighted by Gasteiger charge is 2.20. The van der Waals surface area contributed by atoms with E-state index in [4.69, 9.17) is 4.42 Å². The topological polar surface area (TPSA) is 96.3 Å². The lowest BCUT2D eigenvalue weighted by molar-refractivity contribution is -0.118. The molecule has 3 amide bonds. The van der Waals surface area contributed by atoms with Gasteiger partial charge in [0, 0.05) is 25.2 Å². The maximum atomic E-state index is 12.9. The van der Waals surface area contributed by atoms with Gasteiger partial charge in [-0.05, 0) is 36.2 Å². The summed E-state index contributed by atoms with van der Waals surface area (Å²) >= 11 is 0. The van der Waals surface area contributed by atoms with Gasteiger partial charge in [0.25, 0.3) is 0 Å². The third-order valence-electron chi connectivity index (χ3n) is 4.33. The molecule has 1 unspecified atom stereocenters. The minimum absolute atomic E-state index is 0.230. The number of aromatic nitrogens is 1. The Bertz CT molecular complexity index is 1000. The van der Waals surface area contributed by atoms with Gasteiger partial charge in [-0.3, -0.25) is 4.79 Å². The number of halogens is 1. The maximum Gasteiger partial charge on any atom is 0.315 e. The highest BCUT2D eigenvalue weighted by atomic mass is 19.1. The monoisotopic (exact) mass is 398 g/mol. The van der Waals surface area contributed by atoms with Crippen LogP contribution in [0.4, 0.5) is 14.9 Å². The molecular formula is C21H23FN4O3. The van der Waals surface area contributed by atoms with Gasteiger partial charge in [0.2, 0.25) is 5.91 Å². The van der Waals surface area contributed by atoms with Gasteiger partial charge in [0.05, 0.1) is 0 Å². The molecule has 0 aliphatic carbocycles. The first-order valence-electron chi connectivity index (χ1n) is 9.41. The summed E-state index contributed by atoms with van der Waals surface area (Å²) in [6, 6.07) is 9.87. The largest absolute Gasteiger partial charge is 0.441 e. The van der Waals surface area contributed by atoms with Gasteiger partial charge < -0.3 is 20.4 Å². The molecule has 1 aromatic heterocycles. The van der Waals surface area contributed by atoms with Crippen LogP contribution < -0.4 is 16.0 Å². The number of benzene rings is 2. The van der Waals surface area contributed by atoms with E-state index in [1.165, 1.54) is 12.1 Å². The molecule has 0 saturated heterocycles. The third-order valence-corrected chi connectivity index (χ3v) is 4.33. The van der Waals surface area contributed by atoms with Gasteiger partial charge in [0.15, 0.2) is 11.5 Å². The van der Waals surface area contributed by atoms with E-state index in [1.807, 2.05) is 6.92 Å². The highest BCUT2D eigenvalue weighted by Crippen LogP contribution is 2.20. The van der Waals surface area contributed by atoms with Crippen LogP contribution in [0.5, 0.6) is 0 Å². The van der Waals surface area contributed by atoms with Crippen molar-refractivity contribution < 1.29 is 18.4 Å². The lowest BCUT2D eigenvalue weighted by Gasteiger charge is -2.18. The smallest absolute Gasteiger partial charge is 0.315 e. The van der Waals surface area contributed by atoms with Crippen LogP contribution in [0.25, 0.3) is 11.1 Å². The zero-order valence-electron chi connectivity index (χ0n) is 16.3. The summed E-state index contributed by atoms with van der Waals surface area (Å²) in [4.78, 5) is 29.1. The normalized spacial score (nSPS) is 11.8. The van der Waals surface area contributed by atoms with Gasteiger partial charge in [0.1, 0.15) is 17.4 Å². The zero-order chi connectivity index (χ0) is 20.8. The van der Waals surface area contributed by atoms with E-state index in [1.54, 1.807) is 37.3 Å². The lowest BCUT2D eigenvalue weighted by Crippen LogP contribution is -2.47. The first-order valence-corrected chi connectivity index (χ1v) is 9.41. The molecule has 1 heterocycles. The number of carbonyl (C=O) groups is 2. The van der Waals surface area contributed by atoms with E-state index < -0.39 is 12.1 Å². The van der Waals surface area contributed by atoms with E-state index >= 15 is 0 Å². The van der Waals surface area contributed by atoms with Crippen molar-refractivity contribution in [3.63, 3.8) is 0 Å². The van der Waals surface area contributed by atoms with Gasteiger partial charge in [-0.1, -0.05) is 25.5 Å². The van der Waals surface area contributed by atoms with Crippen LogP contribution >= 0.6 is 0 Å². The van der Waals surface area contributed by atoms with E-state index in [9.17, 15) is 14.0 Å². The summed E-state index contributed by atoms with van der Waals surface area (Å²) in [6.45, 7) is 3.92. The van der Waals surface area contributed by atoms with Crippen LogP contribution in [0.1, 0.15) is 31.2 Å². The first kappa shape index (κ1) is 20.3. The lowest BCUT2D eigenvalue weighted by atomic mass is 10.1. The minimum atomic E-state index is -0.694. The van der Waals surface area contributed by atoms with Crippen molar-refractivity contribution in [3.8, 4) is 0 Å². The summed E-state index contributed by atoms with van der Waals surface area (Å²) in [6.07, 6.45) is 1.20. The number of fused-ring (bicyclic) bond motifs is 1. The van der Waals surface area contributed by atoms with Gasteiger partial charge in [-0.2, -0.15) is 0 Å². The molecule has 8 heteroatoms. The zero-order valence-corrected chi connectivity index (χ0v) is 16.3. The van der Waals surface area contributed by atoms with Gasteiger partial charge in [-0.25, -0.2) is 14.2 Å². The molecule has 3 aromatic rings. The molecule has 0 saturated carbocycles. The maximum absolute atomic E-state index is 12.9. The predicted octanol–water partition coefficient (Wildman–Crippen LogP) is 3.88. The molecule has 1 atom stereocenters. The fraction of sp³-hybridized carbons (Fsp3) is 0.286. The number of carbonyl (C=O) groups excluding carboxylic acids is 2. The molecule has 0 bridgehead atoms. The van der Waals surface area contributed by atoms with Crippen LogP contribution in [0.2, 0.25) is 0 Å². The Morgan fingerprint density at radius 2 is 1.93 bits per heavy atom. The molecule has 7 nitrogen and oxygen atoms in total. The summed E-state index contributed by atoms with van der Waals surface area (Å²) in [5.74, 6) is -0.109. The Morgan fingerprint density at radius 3 is 2.66 bits per heavy atom. The number of urea groups is 1. The number of nitrogens with zero attached hydrogens (tertiary/aromatic N) is 1. The molecule has 0 aliphatic heterocycles.